The van der Waals surface area contributed by atoms with Gasteiger partial charge in [0, 0.05) is 14.2 Å². The summed E-state index contributed by atoms with van der Waals surface area (Å²) in [4.78, 5) is 0. The molecular weight excluding hydrogens is 184 g/mol. The highest BCUT2D eigenvalue weighted by molar-refractivity contribution is 4.86. The highest BCUT2D eigenvalue weighted by Crippen LogP contribution is 2.21. The lowest BCUT2D eigenvalue weighted by Crippen LogP contribution is -2.38. The van der Waals surface area contributed by atoms with Crippen LogP contribution in [0.3, 0.4) is 0 Å². The number of hydrogen-bond donors (Lipinski definition) is 0. The molecule has 1 aliphatic heterocycles. The van der Waals surface area contributed by atoms with Gasteiger partial charge in [-0.2, -0.15) is 0 Å². The van der Waals surface area contributed by atoms with E-state index < -0.39 is 0 Å². The molecule has 4 heteroatoms. The van der Waals surface area contributed by atoms with Gasteiger partial charge in [-0.05, 0) is 13.8 Å². The maximum absolute atomic E-state index is 5.75. The van der Waals surface area contributed by atoms with Crippen molar-refractivity contribution in [1.82, 2.24) is 0 Å². The van der Waals surface area contributed by atoms with Crippen molar-refractivity contribution in [2.45, 2.75) is 38.3 Å². The van der Waals surface area contributed by atoms with Gasteiger partial charge in [-0.15, -0.1) is 0 Å². The molecule has 0 radical (unpaired) electrons. The number of hydrogen-bond acceptors (Lipinski definition) is 4. The van der Waals surface area contributed by atoms with Gasteiger partial charge in [0.25, 0.3) is 0 Å². The molecule has 3 atom stereocenters. The molecule has 4 nitrogen and oxygen atoms in total. The summed E-state index contributed by atoms with van der Waals surface area (Å²) < 4.78 is 21.7. The SMILES string of the molecule is COC[C@H]1OC[C@H](OC)[C@@H]1OC(C)C. The van der Waals surface area contributed by atoms with Crippen molar-refractivity contribution >= 4 is 0 Å². The monoisotopic (exact) mass is 204 g/mol. The average molecular weight is 204 g/mol. The van der Waals surface area contributed by atoms with Gasteiger partial charge >= 0.3 is 0 Å². The van der Waals surface area contributed by atoms with E-state index in [-0.39, 0.29) is 24.4 Å². The Labute approximate surface area is 85.5 Å². The van der Waals surface area contributed by atoms with E-state index in [0.29, 0.717) is 13.2 Å². The van der Waals surface area contributed by atoms with Crippen molar-refractivity contribution in [3.8, 4) is 0 Å². The van der Waals surface area contributed by atoms with Crippen LogP contribution in [0.25, 0.3) is 0 Å². The molecule has 0 bridgehead atoms. The summed E-state index contributed by atoms with van der Waals surface area (Å²) in [5.74, 6) is 0. The first-order valence-corrected chi connectivity index (χ1v) is 4.97. The van der Waals surface area contributed by atoms with Crippen molar-refractivity contribution in [2.75, 3.05) is 27.4 Å². The molecule has 1 rings (SSSR count). The molecule has 14 heavy (non-hydrogen) atoms. The molecule has 0 amide bonds. The van der Waals surface area contributed by atoms with E-state index in [2.05, 4.69) is 0 Å². The third-order valence-corrected chi connectivity index (χ3v) is 2.27. The van der Waals surface area contributed by atoms with Gasteiger partial charge in [0.05, 0.1) is 19.3 Å². The van der Waals surface area contributed by atoms with E-state index in [9.17, 15) is 0 Å². The Balaban J connectivity index is 2.51. The van der Waals surface area contributed by atoms with Gasteiger partial charge in [-0.3, -0.25) is 0 Å². The molecule has 0 N–H and O–H groups in total. The number of methoxy groups -OCH3 is 2. The Bertz CT molecular complexity index is 160. The van der Waals surface area contributed by atoms with E-state index in [4.69, 9.17) is 18.9 Å². The van der Waals surface area contributed by atoms with E-state index >= 15 is 0 Å². The summed E-state index contributed by atoms with van der Waals surface area (Å²) >= 11 is 0. The summed E-state index contributed by atoms with van der Waals surface area (Å²) in [7, 11) is 3.34. The molecule has 84 valence electrons. The summed E-state index contributed by atoms with van der Waals surface area (Å²) in [6.07, 6.45) is 0.184. The lowest BCUT2D eigenvalue weighted by atomic mass is 10.1. The van der Waals surface area contributed by atoms with Gasteiger partial charge in [0.2, 0.25) is 0 Å². The predicted molar refractivity (Wildman–Crippen MR) is 52.4 cm³/mol. The maximum atomic E-state index is 5.75. The standard InChI is InChI=1S/C10H20O4/c1-7(2)14-10-8(12-4)6-13-9(10)5-11-3/h7-10H,5-6H2,1-4H3/t8-,9+,10-/m0/s1. The second-order valence-corrected chi connectivity index (χ2v) is 3.75. The average Bonchev–Trinajstić information content (AvgIpc) is 2.48. The summed E-state index contributed by atoms with van der Waals surface area (Å²) in [6, 6.07) is 0. The number of rotatable bonds is 5. The van der Waals surface area contributed by atoms with Gasteiger partial charge < -0.3 is 18.9 Å². The molecule has 0 aromatic rings. The Morgan fingerprint density at radius 3 is 2.57 bits per heavy atom. The molecule has 1 heterocycles. The normalized spacial score (nSPS) is 32.8. The van der Waals surface area contributed by atoms with Crippen LogP contribution in [0.2, 0.25) is 0 Å². The molecule has 0 saturated carbocycles. The Hall–Kier alpha value is -0.160. The van der Waals surface area contributed by atoms with Gasteiger partial charge in [0.15, 0.2) is 0 Å². The van der Waals surface area contributed by atoms with Crippen LogP contribution in [-0.2, 0) is 18.9 Å². The van der Waals surface area contributed by atoms with Crippen LogP contribution in [0.1, 0.15) is 13.8 Å². The molecule has 0 aliphatic carbocycles. The zero-order valence-electron chi connectivity index (χ0n) is 9.36. The molecule has 0 aromatic carbocycles. The van der Waals surface area contributed by atoms with E-state index in [1.807, 2.05) is 13.8 Å². The van der Waals surface area contributed by atoms with Crippen LogP contribution in [0.4, 0.5) is 0 Å². The van der Waals surface area contributed by atoms with Crippen molar-refractivity contribution < 1.29 is 18.9 Å². The summed E-state index contributed by atoms with van der Waals surface area (Å²) in [6.45, 7) is 5.16. The zero-order valence-corrected chi connectivity index (χ0v) is 9.36. The fraction of sp³-hybridized carbons (Fsp3) is 1.00. The van der Waals surface area contributed by atoms with Crippen LogP contribution in [0.15, 0.2) is 0 Å². The highest BCUT2D eigenvalue weighted by atomic mass is 16.6. The van der Waals surface area contributed by atoms with Crippen LogP contribution >= 0.6 is 0 Å². The fourth-order valence-electron chi connectivity index (χ4n) is 1.65. The highest BCUT2D eigenvalue weighted by Gasteiger charge is 2.38. The lowest BCUT2D eigenvalue weighted by molar-refractivity contribution is -0.0882. The maximum Gasteiger partial charge on any atom is 0.115 e. The lowest BCUT2D eigenvalue weighted by Gasteiger charge is -2.24. The molecule has 0 spiro atoms. The molecule has 1 saturated heterocycles. The van der Waals surface area contributed by atoms with E-state index in [1.165, 1.54) is 0 Å². The Morgan fingerprint density at radius 2 is 2.07 bits per heavy atom. The van der Waals surface area contributed by atoms with E-state index in [0.717, 1.165) is 0 Å². The quantitative estimate of drug-likeness (QED) is 0.665. The Morgan fingerprint density at radius 1 is 1.36 bits per heavy atom. The van der Waals surface area contributed by atoms with Crippen molar-refractivity contribution in [2.24, 2.45) is 0 Å². The van der Waals surface area contributed by atoms with Gasteiger partial charge in [-0.1, -0.05) is 0 Å². The minimum atomic E-state index is -0.0139. The largest absolute Gasteiger partial charge is 0.382 e. The first kappa shape index (κ1) is 11.9. The predicted octanol–water partition coefficient (Wildman–Crippen LogP) is 0.840. The Kier molecular flexibility index (Phi) is 4.81. The van der Waals surface area contributed by atoms with Crippen molar-refractivity contribution in [3.05, 3.63) is 0 Å². The summed E-state index contributed by atoms with van der Waals surface area (Å²) in [5.41, 5.74) is 0. The van der Waals surface area contributed by atoms with Crippen LogP contribution in [-0.4, -0.2) is 51.8 Å². The molecular formula is C10H20O4. The van der Waals surface area contributed by atoms with E-state index in [1.54, 1.807) is 14.2 Å². The van der Waals surface area contributed by atoms with Crippen LogP contribution in [0.5, 0.6) is 0 Å². The first-order valence-electron chi connectivity index (χ1n) is 4.97. The second-order valence-electron chi connectivity index (χ2n) is 3.75. The van der Waals surface area contributed by atoms with Crippen LogP contribution in [0, 0.1) is 0 Å². The van der Waals surface area contributed by atoms with Gasteiger partial charge in [-0.25, -0.2) is 0 Å². The second kappa shape index (κ2) is 5.66. The molecule has 1 fully saturated rings. The third-order valence-electron chi connectivity index (χ3n) is 2.27. The summed E-state index contributed by atoms with van der Waals surface area (Å²) in [5, 5.41) is 0. The number of ether oxygens (including phenoxy) is 4. The zero-order chi connectivity index (χ0) is 10.6. The topological polar surface area (TPSA) is 36.9 Å². The fourth-order valence-corrected chi connectivity index (χ4v) is 1.65. The molecule has 0 aromatic heterocycles. The minimum absolute atomic E-state index is 0.00708. The van der Waals surface area contributed by atoms with Crippen molar-refractivity contribution in [1.29, 1.82) is 0 Å². The molecule has 0 unspecified atom stereocenters. The first-order chi connectivity index (χ1) is 6.69. The minimum Gasteiger partial charge on any atom is -0.382 e. The van der Waals surface area contributed by atoms with Crippen molar-refractivity contribution in [3.63, 3.8) is 0 Å². The third kappa shape index (κ3) is 2.92. The molecule has 1 aliphatic rings. The van der Waals surface area contributed by atoms with Crippen LogP contribution < -0.4 is 0 Å². The van der Waals surface area contributed by atoms with Gasteiger partial charge in [0.1, 0.15) is 18.3 Å². The smallest absolute Gasteiger partial charge is 0.115 e.